The smallest absolute Gasteiger partial charge is 0.213 e. The Morgan fingerprint density at radius 3 is 2.93 bits per heavy atom. The number of nitrogens with zero attached hydrogens (tertiary/aromatic N) is 4. The molecule has 0 N–H and O–H groups in total. The zero-order valence-corrected chi connectivity index (χ0v) is 7.66. The van der Waals surface area contributed by atoms with Gasteiger partial charge >= 0.3 is 0 Å². The Hall–Kier alpha value is -2.48. The molecule has 0 spiro atoms. The second kappa shape index (κ2) is 3.72. The van der Waals surface area contributed by atoms with Crippen LogP contribution in [0.3, 0.4) is 0 Å². The number of hydrogen-bond donors (Lipinski definition) is 0. The topological polar surface area (TPSA) is 52.1 Å². The molecule has 0 amide bonds. The summed E-state index contributed by atoms with van der Waals surface area (Å²) in [7, 11) is 0. The van der Waals surface area contributed by atoms with Gasteiger partial charge in [-0.1, -0.05) is 6.07 Å². The van der Waals surface area contributed by atoms with E-state index < -0.39 is 0 Å². The quantitative estimate of drug-likeness (QED) is 0.544. The fourth-order valence-corrected chi connectivity index (χ4v) is 1.23. The molecule has 0 aliphatic carbocycles. The van der Waals surface area contributed by atoms with Crippen molar-refractivity contribution in [1.82, 2.24) is 14.8 Å². The van der Waals surface area contributed by atoms with Gasteiger partial charge in [-0.05, 0) is 12.1 Å². The molecule has 2 aromatic rings. The summed E-state index contributed by atoms with van der Waals surface area (Å²) in [6.07, 6.45) is 3.60. The standard InChI is InChI=1S/C10H6N4O/c1-11-9-4-8(5-15)2-3-10(9)14-7-12-6-13-14/h2-7H. The lowest BCUT2D eigenvalue weighted by Crippen LogP contribution is -1.95. The fraction of sp³-hybridized carbons (Fsp3) is 0. The molecular weight excluding hydrogens is 192 g/mol. The highest BCUT2D eigenvalue weighted by Crippen LogP contribution is 2.23. The van der Waals surface area contributed by atoms with E-state index in [4.69, 9.17) is 6.57 Å². The molecule has 0 bridgehead atoms. The molecule has 0 saturated carbocycles. The van der Waals surface area contributed by atoms with Crippen molar-refractivity contribution < 1.29 is 4.79 Å². The number of carbonyl (C=O) groups is 1. The molecular formula is C10H6N4O. The molecule has 0 aliphatic rings. The van der Waals surface area contributed by atoms with Crippen LogP contribution in [0.1, 0.15) is 10.4 Å². The van der Waals surface area contributed by atoms with E-state index in [2.05, 4.69) is 14.9 Å². The van der Waals surface area contributed by atoms with Crippen molar-refractivity contribution in [3.63, 3.8) is 0 Å². The number of hydrogen-bond acceptors (Lipinski definition) is 3. The van der Waals surface area contributed by atoms with Crippen molar-refractivity contribution in [3.05, 3.63) is 47.8 Å². The number of aldehydes is 1. The third kappa shape index (κ3) is 1.60. The summed E-state index contributed by atoms with van der Waals surface area (Å²) in [5, 5.41) is 3.92. The number of benzene rings is 1. The average Bonchev–Trinajstić information content (AvgIpc) is 2.81. The van der Waals surface area contributed by atoms with E-state index >= 15 is 0 Å². The molecule has 2 rings (SSSR count). The Morgan fingerprint density at radius 2 is 2.33 bits per heavy atom. The molecule has 1 aromatic heterocycles. The van der Waals surface area contributed by atoms with Crippen LogP contribution in [0.15, 0.2) is 30.9 Å². The van der Waals surface area contributed by atoms with Crippen LogP contribution < -0.4 is 0 Å². The Balaban J connectivity index is 2.59. The maximum atomic E-state index is 10.5. The average molecular weight is 198 g/mol. The van der Waals surface area contributed by atoms with Crippen LogP contribution >= 0.6 is 0 Å². The molecule has 0 atom stereocenters. The van der Waals surface area contributed by atoms with Crippen LogP contribution in [0.4, 0.5) is 5.69 Å². The van der Waals surface area contributed by atoms with Crippen molar-refractivity contribution in [3.8, 4) is 5.69 Å². The zero-order chi connectivity index (χ0) is 10.7. The number of rotatable bonds is 2. The minimum atomic E-state index is 0.380. The molecule has 5 heteroatoms. The Bertz CT molecular complexity index is 525. The molecule has 0 saturated heterocycles. The summed E-state index contributed by atoms with van der Waals surface area (Å²) in [5.41, 5.74) is 1.48. The maximum absolute atomic E-state index is 10.5. The monoisotopic (exact) mass is 198 g/mol. The van der Waals surface area contributed by atoms with E-state index in [0.29, 0.717) is 23.2 Å². The van der Waals surface area contributed by atoms with Gasteiger partial charge in [-0.3, -0.25) is 4.79 Å². The summed E-state index contributed by atoms with van der Waals surface area (Å²) < 4.78 is 1.49. The van der Waals surface area contributed by atoms with Crippen LogP contribution in [0, 0.1) is 6.57 Å². The van der Waals surface area contributed by atoms with E-state index in [1.807, 2.05) is 0 Å². The second-order valence-corrected chi connectivity index (χ2v) is 2.82. The second-order valence-electron chi connectivity index (χ2n) is 2.82. The Kier molecular flexibility index (Phi) is 2.25. The summed E-state index contributed by atoms with van der Waals surface area (Å²) in [4.78, 5) is 17.7. The van der Waals surface area contributed by atoms with Gasteiger partial charge in [0.25, 0.3) is 0 Å². The molecule has 0 unspecified atom stereocenters. The SMILES string of the molecule is [C-]#[N+]c1cc(C=O)ccc1-n1cncn1. The zero-order valence-electron chi connectivity index (χ0n) is 7.66. The first-order valence-corrected chi connectivity index (χ1v) is 4.17. The van der Waals surface area contributed by atoms with Crippen molar-refractivity contribution in [1.29, 1.82) is 0 Å². The largest absolute Gasteiger partial charge is 0.298 e. The van der Waals surface area contributed by atoms with Crippen LogP contribution in [0.25, 0.3) is 10.5 Å². The van der Waals surface area contributed by atoms with Gasteiger partial charge in [-0.25, -0.2) is 14.5 Å². The Labute approximate surface area is 85.8 Å². The van der Waals surface area contributed by atoms with Gasteiger partial charge in [0.05, 0.1) is 12.3 Å². The molecule has 5 nitrogen and oxygen atoms in total. The number of carbonyl (C=O) groups excluding carboxylic acids is 1. The van der Waals surface area contributed by atoms with E-state index in [9.17, 15) is 4.79 Å². The van der Waals surface area contributed by atoms with Gasteiger partial charge in [0, 0.05) is 5.56 Å². The van der Waals surface area contributed by atoms with Crippen molar-refractivity contribution >= 4 is 12.0 Å². The molecule has 0 radical (unpaired) electrons. The van der Waals surface area contributed by atoms with Gasteiger partial charge in [0.15, 0.2) is 0 Å². The molecule has 1 heterocycles. The Morgan fingerprint density at radius 1 is 1.47 bits per heavy atom. The predicted octanol–water partition coefficient (Wildman–Crippen LogP) is 1.63. The first kappa shape index (κ1) is 9.09. The molecule has 0 aliphatic heterocycles. The van der Waals surface area contributed by atoms with Crippen LogP contribution in [0.2, 0.25) is 0 Å². The highest BCUT2D eigenvalue weighted by atomic mass is 16.1. The third-order valence-electron chi connectivity index (χ3n) is 1.92. The van der Waals surface area contributed by atoms with Gasteiger partial charge in [0.1, 0.15) is 18.9 Å². The summed E-state index contributed by atoms with van der Waals surface area (Å²) in [6, 6.07) is 4.83. The molecule has 1 aromatic carbocycles. The van der Waals surface area contributed by atoms with Crippen LogP contribution in [-0.4, -0.2) is 21.1 Å². The first-order valence-electron chi connectivity index (χ1n) is 4.17. The first-order chi connectivity index (χ1) is 7.35. The van der Waals surface area contributed by atoms with Crippen LogP contribution in [-0.2, 0) is 0 Å². The van der Waals surface area contributed by atoms with Gasteiger partial charge in [-0.2, -0.15) is 5.10 Å². The minimum Gasteiger partial charge on any atom is -0.298 e. The maximum Gasteiger partial charge on any atom is 0.213 e. The fourth-order valence-electron chi connectivity index (χ4n) is 1.23. The van der Waals surface area contributed by atoms with Crippen LogP contribution in [0.5, 0.6) is 0 Å². The highest BCUT2D eigenvalue weighted by molar-refractivity contribution is 5.79. The van der Waals surface area contributed by atoms with E-state index in [-0.39, 0.29) is 0 Å². The third-order valence-corrected chi connectivity index (χ3v) is 1.92. The van der Waals surface area contributed by atoms with Crippen molar-refractivity contribution in [2.45, 2.75) is 0 Å². The molecule has 72 valence electrons. The lowest BCUT2D eigenvalue weighted by Gasteiger charge is -2.03. The van der Waals surface area contributed by atoms with E-state index in [1.54, 1.807) is 12.1 Å². The van der Waals surface area contributed by atoms with Gasteiger partial charge in [-0.15, -0.1) is 0 Å². The summed E-state index contributed by atoms with van der Waals surface area (Å²) in [6.45, 7) is 7.01. The van der Waals surface area contributed by atoms with Crippen molar-refractivity contribution in [2.24, 2.45) is 0 Å². The lowest BCUT2D eigenvalue weighted by molar-refractivity contribution is 0.112. The lowest BCUT2D eigenvalue weighted by atomic mass is 10.2. The molecule has 15 heavy (non-hydrogen) atoms. The van der Waals surface area contributed by atoms with E-state index in [1.165, 1.54) is 23.4 Å². The minimum absolute atomic E-state index is 0.380. The normalized spacial score (nSPS) is 9.53. The van der Waals surface area contributed by atoms with Crippen molar-refractivity contribution in [2.75, 3.05) is 0 Å². The summed E-state index contributed by atoms with van der Waals surface area (Å²) in [5.74, 6) is 0. The summed E-state index contributed by atoms with van der Waals surface area (Å²) >= 11 is 0. The molecule has 0 fully saturated rings. The number of aromatic nitrogens is 3. The van der Waals surface area contributed by atoms with Gasteiger partial charge in [0.2, 0.25) is 5.69 Å². The highest BCUT2D eigenvalue weighted by Gasteiger charge is 2.05. The van der Waals surface area contributed by atoms with E-state index in [0.717, 1.165) is 0 Å². The van der Waals surface area contributed by atoms with Gasteiger partial charge < -0.3 is 0 Å². The predicted molar refractivity (Wildman–Crippen MR) is 53.0 cm³/mol.